The van der Waals surface area contributed by atoms with E-state index in [9.17, 15) is 0 Å². The third-order valence-corrected chi connectivity index (χ3v) is 19.3. The molecule has 0 unspecified atom stereocenters. The van der Waals surface area contributed by atoms with E-state index in [4.69, 9.17) is 9.97 Å². The van der Waals surface area contributed by atoms with E-state index in [1.807, 2.05) is 12.1 Å². The molecule has 0 aliphatic heterocycles. The monoisotopic (exact) mass is 580 g/mol. The molecule has 0 N–H and O–H groups in total. The average molecular weight is 581 g/mol. The van der Waals surface area contributed by atoms with Gasteiger partial charge in [0.05, 0.1) is 11.4 Å². The van der Waals surface area contributed by atoms with Crippen molar-refractivity contribution in [3.63, 3.8) is 0 Å². The number of rotatable bonds is 7. The molecule has 0 bridgehead atoms. The van der Waals surface area contributed by atoms with Gasteiger partial charge in [0.1, 0.15) is 25.2 Å². The molecule has 0 aromatic carbocycles. The van der Waals surface area contributed by atoms with Crippen LogP contribution in [0, 0.1) is 0 Å². The van der Waals surface area contributed by atoms with Crippen LogP contribution in [0.15, 0.2) is 36.4 Å². The van der Waals surface area contributed by atoms with Crippen LogP contribution in [0.25, 0.3) is 11.4 Å². The molecule has 0 spiro atoms. The third-order valence-electron chi connectivity index (χ3n) is 10.9. The van der Waals surface area contributed by atoms with Gasteiger partial charge in [0.2, 0.25) is 0 Å². The summed E-state index contributed by atoms with van der Waals surface area (Å²) < 4.78 is 30.4. The highest BCUT2D eigenvalue weighted by molar-refractivity contribution is 7.73. The molecular formula is C34H50N2O2P2. The fourth-order valence-corrected chi connectivity index (χ4v) is 17.1. The maximum atomic E-state index is 15.2. The highest BCUT2D eigenvalue weighted by Gasteiger charge is 2.45. The standard InChI is InChI=1S/C34H50N2O2P2/c37-39(27-15-5-1-6-16-27,28-17-7-2-8-18-28)33-25-13-23-31(35-33)32-24-14-26-34(36-32)40(38,29-19-9-3-10-20-29)30-21-11-4-12-22-30/h13-14,23-30H,1-12,15-22H2. The van der Waals surface area contributed by atoms with Crippen molar-refractivity contribution in [1.29, 1.82) is 0 Å². The van der Waals surface area contributed by atoms with Gasteiger partial charge in [-0.3, -0.25) is 0 Å². The molecule has 2 aromatic heterocycles. The van der Waals surface area contributed by atoms with Crippen molar-refractivity contribution in [3.8, 4) is 11.4 Å². The molecule has 4 aliphatic carbocycles. The normalized spacial score (nSPS) is 23.3. The van der Waals surface area contributed by atoms with Crippen LogP contribution in [0.2, 0.25) is 0 Å². The largest absolute Gasteiger partial charge is 0.316 e. The minimum atomic E-state index is -2.65. The van der Waals surface area contributed by atoms with Crippen LogP contribution >= 0.6 is 14.3 Å². The van der Waals surface area contributed by atoms with Gasteiger partial charge in [-0.25, -0.2) is 9.97 Å². The molecule has 4 fully saturated rings. The predicted molar refractivity (Wildman–Crippen MR) is 169 cm³/mol. The molecule has 4 aliphatic rings. The quantitative estimate of drug-likeness (QED) is 0.306. The topological polar surface area (TPSA) is 59.9 Å². The summed E-state index contributed by atoms with van der Waals surface area (Å²) in [6, 6.07) is 12.3. The smallest absolute Gasteiger partial charge is 0.138 e. The lowest BCUT2D eigenvalue weighted by Gasteiger charge is -2.38. The molecule has 0 atom stereocenters. The Kier molecular flexibility index (Phi) is 9.35. The summed E-state index contributed by atoms with van der Waals surface area (Å²) in [6.07, 6.45) is 23.3. The Morgan fingerprint density at radius 2 is 0.700 bits per heavy atom. The molecule has 40 heavy (non-hydrogen) atoms. The summed E-state index contributed by atoms with van der Waals surface area (Å²) in [7, 11) is -5.30. The van der Waals surface area contributed by atoms with Gasteiger partial charge in [0, 0.05) is 22.6 Å². The lowest BCUT2D eigenvalue weighted by atomic mass is 9.99. The lowest BCUT2D eigenvalue weighted by Crippen LogP contribution is -2.32. The maximum absolute atomic E-state index is 15.2. The van der Waals surface area contributed by atoms with Crippen LogP contribution in [0.4, 0.5) is 0 Å². The lowest BCUT2D eigenvalue weighted by molar-refractivity contribution is 0.452. The average Bonchev–Trinajstić information content (AvgIpc) is 3.06. The van der Waals surface area contributed by atoms with Crippen LogP contribution in [-0.4, -0.2) is 32.6 Å². The van der Waals surface area contributed by atoms with Crippen LogP contribution in [0.3, 0.4) is 0 Å². The van der Waals surface area contributed by atoms with Crippen molar-refractivity contribution in [3.05, 3.63) is 36.4 Å². The van der Waals surface area contributed by atoms with Crippen molar-refractivity contribution in [2.45, 2.75) is 151 Å². The summed E-state index contributed by atoms with van der Waals surface area (Å²) >= 11 is 0. The van der Waals surface area contributed by atoms with Gasteiger partial charge in [0.25, 0.3) is 0 Å². The van der Waals surface area contributed by atoms with Crippen LogP contribution < -0.4 is 10.9 Å². The van der Waals surface area contributed by atoms with E-state index in [2.05, 4.69) is 24.3 Å². The van der Waals surface area contributed by atoms with Gasteiger partial charge in [0.15, 0.2) is 0 Å². The zero-order chi connectivity index (χ0) is 27.4. The molecule has 0 radical (unpaired) electrons. The summed E-state index contributed by atoms with van der Waals surface area (Å²) in [5.41, 5.74) is 4.44. The first kappa shape index (κ1) is 28.9. The summed E-state index contributed by atoms with van der Waals surface area (Å²) in [6.45, 7) is 0. The Labute approximate surface area is 242 Å². The summed E-state index contributed by atoms with van der Waals surface area (Å²) in [5, 5.41) is 0. The summed E-state index contributed by atoms with van der Waals surface area (Å²) in [5.74, 6) is 0. The van der Waals surface area contributed by atoms with Crippen LogP contribution in [0.5, 0.6) is 0 Å². The van der Waals surface area contributed by atoms with Gasteiger partial charge in [-0.1, -0.05) is 89.2 Å². The number of pyridine rings is 2. The maximum Gasteiger partial charge on any atom is 0.138 e. The molecule has 218 valence electrons. The molecule has 4 nitrogen and oxygen atoms in total. The van der Waals surface area contributed by atoms with Crippen molar-refractivity contribution in [1.82, 2.24) is 9.97 Å². The first-order chi connectivity index (χ1) is 19.6. The molecule has 6 rings (SSSR count). The van der Waals surface area contributed by atoms with E-state index in [1.165, 1.54) is 77.0 Å². The Morgan fingerprint density at radius 3 is 0.975 bits per heavy atom. The van der Waals surface area contributed by atoms with E-state index in [1.54, 1.807) is 0 Å². The van der Waals surface area contributed by atoms with Gasteiger partial charge in [-0.05, 0) is 75.6 Å². The zero-order valence-electron chi connectivity index (χ0n) is 24.5. The van der Waals surface area contributed by atoms with Crippen molar-refractivity contribution >= 4 is 25.2 Å². The van der Waals surface area contributed by atoms with E-state index < -0.39 is 14.3 Å². The highest BCUT2D eigenvalue weighted by atomic mass is 31.2. The van der Waals surface area contributed by atoms with E-state index >= 15 is 9.13 Å². The number of aromatic nitrogens is 2. The predicted octanol–water partition coefficient (Wildman–Crippen LogP) is 9.45. The molecule has 4 saturated carbocycles. The Bertz CT molecular complexity index is 1080. The van der Waals surface area contributed by atoms with Gasteiger partial charge >= 0.3 is 0 Å². The summed E-state index contributed by atoms with van der Waals surface area (Å²) in [4.78, 5) is 10.4. The fourth-order valence-electron chi connectivity index (χ4n) is 8.72. The Morgan fingerprint density at radius 1 is 0.425 bits per heavy atom. The number of nitrogens with zero attached hydrogens (tertiary/aromatic N) is 2. The van der Waals surface area contributed by atoms with E-state index in [-0.39, 0.29) is 22.6 Å². The van der Waals surface area contributed by atoms with Crippen molar-refractivity contribution < 1.29 is 9.13 Å². The second-order valence-electron chi connectivity index (χ2n) is 13.3. The second kappa shape index (κ2) is 13.0. The van der Waals surface area contributed by atoms with Gasteiger partial charge in [-0.2, -0.15) is 0 Å². The number of hydrogen-bond acceptors (Lipinski definition) is 4. The SMILES string of the molecule is O=P(c1cccc(-c2cccc(P(=O)(C3CCCCC3)C3CCCCC3)n2)n1)(C1CCCCC1)C1CCCCC1. The third kappa shape index (κ3) is 5.71. The Hall–Kier alpha value is -1.24. The second-order valence-corrected chi connectivity index (χ2v) is 20.0. The van der Waals surface area contributed by atoms with Gasteiger partial charge < -0.3 is 9.13 Å². The van der Waals surface area contributed by atoms with Crippen molar-refractivity contribution in [2.24, 2.45) is 0 Å². The molecule has 0 saturated heterocycles. The molecular weight excluding hydrogens is 530 g/mol. The molecule has 2 heterocycles. The minimum Gasteiger partial charge on any atom is -0.316 e. The first-order valence-electron chi connectivity index (χ1n) is 16.7. The van der Waals surface area contributed by atoms with Gasteiger partial charge in [-0.15, -0.1) is 0 Å². The van der Waals surface area contributed by atoms with E-state index in [0.29, 0.717) is 0 Å². The molecule has 6 heteroatoms. The first-order valence-corrected chi connectivity index (χ1v) is 20.4. The Balaban J connectivity index is 1.37. The zero-order valence-corrected chi connectivity index (χ0v) is 26.3. The minimum absolute atomic E-state index is 0.282. The molecule has 2 aromatic rings. The highest BCUT2D eigenvalue weighted by Crippen LogP contribution is 2.62. The number of hydrogen-bond donors (Lipinski definition) is 0. The van der Waals surface area contributed by atoms with E-state index in [0.717, 1.165) is 73.6 Å². The molecule has 0 amide bonds. The van der Waals surface area contributed by atoms with Crippen LogP contribution in [0.1, 0.15) is 128 Å². The fraction of sp³-hybridized carbons (Fsp3) is 0.706. The van der Waals surface area contributed by atoms with Crippen molar-refractivity contribution in [2.75, 3.05) is 0 Å². The van der Waals surface area contributed by atoms with Crippen LogP contribution in [-0.2, 0) is 9.13 Å².